The van der Waals surface area contributed by atoms with Crippen molar-refractivity contribution in [1.82, 2.24) is 0 Å². The molecule has 0 aromatic heterocycles. The molecule has 4 rings (SSSR count). The molecule has 1 heterocycles. The first-order chi connectivity index (χ1) is 17.3. The molecule has 3 aromatic rings. The van der Waals surface area contributed by atoms with Gasteiger partial charge in [0.05, 0.1) is 25.1 Å². The first-order valence-electron chi connectivity index (χ1n) is 12.3. The van der Waals surface area contributed by atoms with Gasteiger partial charge in [0.2, 0.25) is 10.0 Å². The Hall–Kier alpha value is -3.52. The van der Waals surface area contributed by atoms with Crippen LogP contribution in [0, 0.1) is 0 Å². The Morgan fingerprint density at radius 1 is 0.944 bits per heavy atom. The lowest BCUT2D eigenvalue weighted by Crippen LogP contribution is -2.29. The first-order valence-corrected chi connectivity index (χ1v) is 14.1. The van der Waals surface area contributed by atoms with E-state index in [1.165, 1.54) is 35.5 Å². The predicted molar refractivity (Wildman–Crippen MR) is 146 cm³/mol. The van der Waals surface area contributed by atoms with Crippen molar-refractivity contribution in [2.75, 3.05) is 40.5 Å². The van der Waals surface area contributed by atoms with E-state index in [-0.39, 0.29) is 12.5 Å². The molecule has 1 N–H and O–H groups in total. The summed E-state index contributed by atoms with van der Waals surface area (Å²) >= 11 is 0. The zero-order valence-electron chi connectivity index (χ0n) is 20.8. The van der Waals surface area contributed by atoms with Crippen molar-refractivity contribution in [3.63, 3.8) is 0 Å². The number of para-hydroxylation sites is 2. The van der Waals surface area contributed by atoms with Crippen molar-refractivity contribution >= 4 is 33.0 Å². The van der Waals surface area contributed by atoms with E-state index in [1.54, 1.807) is 42.5 Å². The lowest BCUT2D eigenvalue weighted by molar-refractivity contribution is 0.102. The van der Waals surface area contributed by atoms with E-state index in [2.05, 4.69) is 10.2 Å². The van der Waals surface area contributed by atoms with Crippen LogP contribution in [0.5, 0.6) is 5.75 Å². The second-order valence-electron chi connectivity index (χ2n) is 8.92. The fraction of sp³-hybridized carbons (Fsp3) is 0.321. The van der Waals surface area contributed by atoms with Gasteiger partial charge < -0.3 is 15.0 Å². The number of hydrogen-bond donors (Lipinski definition) is 1. The van der Waals surface area contributed by atoms with Gasteiger partial charge in [-0.05, 0) is 80.3 Å². The monoisotopic (exact) mass is 507 g/mol. The minimum atomic E-state index is -3.57. The van der Waals surface area contributed by atoms with Gasteiger partial charge in [0.25, 0.3) is 5.91 Å². The largest absolute Gasteiger partial charge is 0.492 e. The minimum Gasteiger partial charge on any atom is -0.492 e. The molecular formula is C28H33N3O4S. The number of nitrogens with zero attached hydrogens (tertiary/aromatic N) is 2. The highest BCUT2D eigenvalue weighted by atomic mass is 32.2. The number of hydrogen-bond acceptors (Lipinski definition) is 5. The molecule has 0 unspecified atom stereocenters. The number of piperidine rings is 1. The molecular weight excluding hydrogens is 474 g/mol. The van der Waals surface area contributed by atoms with Crippen LogP contribution in [0.4, 0.5) is 17.1 Å². The number of carbonyl (C=O) groups is 1. The average Bonchev–Trinajstić information content (AvgIpc) is 2.89. The molecule has 0 spiro atoms. The summed E-state index contributed by atoms with van der Waals surface area (Å²) in [6.45, 7) is 4.56. The molecule has 1 aliphatic heterocycles. The van der Waals surface area contributed by atoms with Crippen LogP contribution in [0.15, 0.2) is 72.8 Å². The molecule has 0 aliphatic carbocycles. The van der Waals surface area contributed by atoms with Gasteiger partial charge in [-0.3, -0.25) is 9.10 Å². The number of ether oxygens (including phenoxy) is 1. The summed E-state index contributed by atoms with van der Waals surface area (Å²) in [6.07, 6.45) is 4.90. The van der Waals surface area contributed by atoms with Crippen molar-refractivity contribution < 1.29 is 17.9 Å². The third-order valence-corrected chi connectivity index (χ3v) is 7.35. The smallest absolute Gasteiger partial charge is 0.255 e. The van der Waals surface area contributed by atoms with Crippen LogP contribution in [-0.2, 0) is 16.6 Å². The topological polar surface area (TPSA) is 79.0 Å². The Morgan fingerprint density at radius 3 is 2.25 bits per heavy atom. The highest BCUT2D eigenvalue weighted by Crippen LogP contribution is 2.31. The Morgan fingerprint density at radius 2 is 1.61 bits per heavy atom. The summed E-state index contributed by atoms with van der Waals surface area (Å²) in [4.78, 5) is 15.2. The predicted octanol–water partition coefficient (Wildman–Crippen LogP) is 5.29. The number of sulfonamides is 1. The van der Waals surface area contributed by atoms with E-state index in [9.17, 15) is 13.2 Å². The van der Waals surface area contributed by atoms with Gasteiger partial charge in [-0.1, -0.05) is 24.3 Å². The summed E-state index contributed by atoms with van der Waals surface area (Å²) in [5.74, 6) is 0.293. The minimum absolute atomic E-state index is 0.128. The molecule has 1 fully saturated rings. The number of nitrogens with one attached hydrogen (secondary N) is 1. The summed E-state index contributed by atoms with van der Waals surface area (Å²) in [6, 6.07) is 22.0. The third-order valence-electron chi connectivity index (χ3n) is 6.22. The molecule has 0 saturated carbocycles. The molecule has 3 aromatic carbocycles. The Bertz CT molecular complexity index is 1270. The maximum absolute atomic E-state index is 12.8. The Balaban J connectivity index is 1.44. The Kier molecular flexibility index (Phi) is 8.15. The van der Waals surface area contributed by atoms with Crippen LogP contribution in [0.1, 0.15) is 42.1 Å². The average molecular weight is 508 g/mol. The van der Waals surface area contributed by atoms with Gasteiger partial charge in [0, 0.05) is 30.0 Å². The molecule has 1 saturated heterocycles. The van der Waals surface area contributed by atoms with Crippen molar-refractivity contribution in [3.8, 4) is 5.75 Å². The van der Waals surface area contributed by atoms with Gasteiger partial charge in [-0.25, -0.2) is 8.42 Å². The molecule has 1 aliphatic rings. The fourth-order valence-electron chi connectivity index (χ4n) is 4.36. The standard InChI is InChI=1S/C28H33N3O4S/c1-3-35-27-10-6-5-9-26(27)31(36(2,33)34)21-22-11-13-23(14-12-22)28(32)29-24-15-17-25(18-16-24)30-19-7-4-8-20-30/h5-6,9-18H,3-4,7-8,19-21H2,1-2H3,(H,29,32). The molecule has 0 bridgehead atoms. The van der Waals surface area contributed by atoms with E-state index < -0.39 is 10.0 Å². The van der Waals surface area contributed by atoms with Crippen LogP contribution in [-0.4, -0.2) is 40.3 Å². The summed E-state index contributed by atoms with van der Waals surface area (Å²) in [5.41, 5.74) is 3.66. The van der Waals surface area contributed by atoms with Crippen molar-refractivity contribution in [2.24, 2.45) is 0 Å². The molecule has 7 nitrogen and oxygen atoms in total. The van der Waals surface area contributed by atoms with Gasteiger partial charge in [-0.15, -0.1) is 0 Å². The number of benzene rings is 3. The molecule has 36 heavy (non-hydrogen) atoms. The zero-order chi connectivity index (χ0) is 25.5. The van der Waals surface area contributed by atoms with Crippen molar-refractivity contribution in [1.29, 1.82) is 0 Å². The molecule has 190 valence electrons. The number of amides is 1. The van der Waals surface area contributed by atoms with Gasteiger partial charge in [0.15, 0.2) is 0 Å². The van der Waals surface area contributed by atoms with E-state index >= 15 is 0 Å². The van der Waals surface area contributed by atoms with E-state index in [0.717, 1.165) is 24.3 Å². The summed E-state index contributed by atoms with van der Waals surface area (Å²) in [7, 11) is -3.57. The number of carbonyl (C=O) groups excluding carboxylic acids is 1. The maximum Gasteiger partial charge on any atom is 0.255 e. The van der Waals surface area contributed by atoms with Crippen LogP contribution in [0.3, 0.4) is 0 Å². The third kappa shape index (κ3) is 6.37. The molecule has 0 radical (unpaired) electrons. The molecule has 1 amide bonds. The Labute approximate surface area is 213 Å². The second kappa shape index (κ2) is 11.5. The van der Waals surface area contributed by atoms with Gasteiger partial charge in [-0.2, -0.15) is 0 Å². The quantitative estimate of drug-likeness (QED) is 0.426. The number of anilines is 3. The van der Waals surface area contributed by atoms with E-state index in [0.29, 0.717) is 23.6 Å². The van der Waals surface area contributed by atoms with Crippen LogP contribution in [0.25, 0.3) is 0 Å². The van der Waals surface area contributed by atoms with Crippen molar-refractivity contribution in [3.05, 3.63) is 83.9 Å². The highest BCUT2D eigenvalue weighted by molar-refractivity contribution is 7.92. The van der Waals surface area contributed by atoms with Gasteiger partial charge in [0.1, 0.15) is 5.75 Å². The lowest BCUT2D eigenvalue weighted by Gasteiger charge is -2.28. The van der Waals surface area contributed by atoms with Crippen LogP contribution in [0.2, 0.25) is 0 Å². The second-order valence-corrected chi connectivity index (χ2v) is 10.8. The van der Waals surface area contributed by atoms with Gasteiger partial charge >= 0.3 is 0 Å². The van der Waals surface area contributed by atoms with E-state index in [1.807, 2.05) is 37.3 Å². The SMILES string of the molecule is CCOc1ccccc1N(Cc1ccc(C(=O)Nc2ccc(N3CCCCC3)cc2)cc1)S(C)(=O)=O. The van der Waals surface area contributed by atoms with Crippen molar-refractivity contribution in [2.45, 2.75) is 32.7 Å². The maximum atomic E-state index is 12.8. The first kappa shape index (κ1) is 25.6. The zero-order valence-corrected chi connectivity index (χ0v) is 21.6. The summed E-state index contributed by atoms with van der Waals surface area (Å²) in [5, 5.41) is 2.94. The summed E-state index contributed by atoms with van der Waals surface area (Å²) < 4.78 is 32.2. The normalized spacial score (nSPS) is 13.8. The van der Waals surface area contributed by atoms with E-state index in [4.69, 9.17) is 4.74 Å². The molecule has 8 heteroatoms. The van der Waals surface area contributed by atoms with Crippen LogP contribution < -0.4 is 19.3 Å². The highest BCUT2D eigenvalue weighted by Gasteiger charge is 2.21. The van der Waals surface area contributed by atoms with Crippen LogP contribution >= 0.6 is 0 Å². The fourth-order valence-corrected chi connectivity index (χ4v) is 5.25. The lowest BCUT2D eigenvalue weighted by atomic mass is 10.1. The molecule has 0 atom stereocenters. The number of rotatable bonds is 9.